The first-order chi connectivity index (χ1) is 18.8. The number of unbranched alkanes of at least 4 members (excludes halogenated alkanes) is 8. The molecule has 3 rings (SSSR count). The normalized spacial score (nSPS) is 18.6. The monoisotopic (exact) mass is 548 g/mol. The minimum Gasteiger partial charge on any atom is -0.494 e. The third kappa shape index (κ3) is 8.99. The highest BCUT2D eigenvalue weighted by molar-refractivity contribution is 5.91. The lowest BCUT2D eigenvalue weighted by Crippen LogP contribution is -2.32. The Morgan fingerprint density at radius 3 is 2.00 bits per heavy atom. The van der Waals surface area contributed by atoms with Crippen LogP contribution in [0.2, 0.25) is 0 Å². The number of rotatable bonds is 18. The van der Waals surface area contributed by atoms with Gasteiger partial charge < -0.3 is 14.2 Å². The highest BCUT2D eigenvalue weighted by Gasteiger charge is 2.71. The van der Waals surface area contributed by atoms with Gasteiger partial charge in [0.25, 0.3) is 0 Å². The second-order valence-electron chi connectivity index (χ2n) is 10.6. The zero-order valence-corrected chi connectivity index (χ0v) is 23.4. The van der Waals surface area contributed by atoms with Crippen LogP contribution in [0.15, 0.2) is 48.5 Å². The van der Waals surface area contributed by atoms with Crippen molar-refractivity contribution in [2.24, 2.45) is 5.92 Å². The van der Waals surface area contributed by atoms with E-state index >= 15 is 0 Å². The fourth-order valence-electron chi connectivity index (χ4n) is 5.00. The van der Waals surface area contributed by atoms with Gasteiger partial charge in [0.1, 0.15) is 11.5 Å². The van der Waals surface area contributed by atoms with Crippen molar-refractivity contribution in [2.45, 2.75) is 96.1 Å². The topological polar surface area (TPSA) is 44.8 Å². The van der Waals surface area contributed by atoms with Gasteiger partial charge in [-0.25, -0.2) is 4.79 Å². The molecule has 0 aliphatic heterocycles. The fraction of sp³-hybridized carbons (Fsp3) is 0.594. The van der Waals surface area contributed by atoms with Crippen LogP contribution in [-0.4, -0.2) is 32.0 Å². The predicted molar refractivity (Wildman–Crippen MR) is 148 cm³/mol. The molecule has 39 heavy (non-hydrogen) atoms. The second kappa shape index (κ2) is 15.3. The van der Waals surface area contributed by atoms with Crippen LogP contribution < -0.4 is 9.47 Å². The van der Waals surface area contributed by atoms with Crippen LogP contribution in [-0.2, 0) is 10.2 Å². The van der Waals surface area contributed by atoms with Gasteiger partial charge >= 0.3 is 12.1 Å². The molecule has 0 radical (unpaired) electrons. The molecule has 2 atom stereocenters. The maximum atomic E-state index is 14.1. The fourth-order valence-corrected chi connectivity index (χ4v) is 5.00. The van der Waals surface area contributed by atoms with Gasteiger partial charge in [-0.1, -0.05) is 77.3 Å². The molecule has 0 saturated heterocycles. The first kappa shape index (κ1) is 31.0. The van der Waals surface area contributed by atoms with Crippen LogP contribution in [0.3, 0.4) is 0 Å². The minimum absolute atomic E-state index is 0.0118. The standard InChI is InChI=1S/C32H43F3O4/c1-3-5-7-9-10-12-22-38-28-17-13-25(14-18-28)30(36)39-29-19-15-26(16-20-29)31(32(33,34)35)23-27(31)24-37-21-11-8-6-4-2/h13-20,27H,3-12,21-24H2,1-2H3/t27-,31+/m0/s1. The number of ether oxygens (including phenoxy) is 3. The molecular formula is C32H43F3O4. The number of carbonyl (C=O) groups is 1. The van der Waals surface area contributed by atoms with Gasteiger partial charge in [-0.15, -0.1) is 0 Å². The van der Waals surface area contributed by atoms with Gasteiger partial charge in [0.15, 0.2) is 0 Å². The molecule has 0 N–H and O–H groups in total. The van der Waals surface area contributed by atoms with E-state index in [0.29, 0.717) is 24.5 Å². The number of carbonyl (C=O) groups excluding carboxylic acids is 1. The van der Waals surface area contributed by atoms with Crippen LogP contribution in [0.5, 0.6) is 11.5 Å². The SMILES string of the molecule is CCCCCCCCOc1ccc(C(=O)Oc2ccc([C@]3(C(F)(F)F)C[C@H]3COCCCCCC)cc2)cc1. The molecule has 2 aromatic rings. The minimum atomic E-state index is -4.37. The lowest BCUT2D eigenvalue weighted by atomic mass is 9.92. The molecule has 216 valence electrons. The molecule has 0 unspecified atom stereocenters. The van der Waals surface area contributed by atoms with Crippen molar-refractivity contribution in [3.05, 3.63) is 59.7 Å². The summed E-state index contributed by atoms with van der Waals surface area (Å²) in [7, 11) is 0. The Bertz CT molecular complexity index is 988. The van der Waals surface area contributed by atoms with E-state index in [1.807, 2.05) is 0 Å². The first-order valence-electron chi connectivity index (χ1n) is 14.5. The third-order valence-electron chi connectivity index (χ3n) is 7.51. The summed E-state index contributed by atoms with van der Waals surface area (Å²) < 4.78 is 59.0. The van der Waals surface area contributed by atoms with Gasteiger partial charge in [-0.2, -0.15) is 13.2 Å². The van der Waals surface area contributed by atoms with Gasteiger partial charge in [-0.05, 0) is 61.2 Å². The van der Waals surface area contributed by atoms with Crippen LogP contribution in [0.4, 0.5) is 13.2 Å². The second-order valence-corrected chi connectivity index (χ2v) is 10.6. The highest BCUT2D eigenvalue weighted by Crippen LogP contribution is 2.63. The van der Waals surface area contributed by atoms with E-state index in [4.69, 9.17) is 14.2 Å². The van der Waals surface area contributed by atoms with Gasteiger partial charge in [-0.3, -0.25) is 0 Å². The zero-order chi connectivity index (χ0) is 28.1. The van der Waals surface area contributed by atoms with Crippen molar-refractivity contribution in [1.82, 2.24) is 0 Å². The molecule has 1 aliphatic rings. The zero-order valence-electron chi connectivity index (χ0n) is 23.4. The van der Waals surface area contributed by atoms with Crippen molar-refractivity contribution >= 4 is 5.97 Å². The molecule has 4 nitrogen and oxygen atoms in total. The number of hydrogen-bond acceptors (Lipinski definition) is 4. The summed E-state index contributed by atoms with van der Waals surface area (Å²) in [6, 6.07) is 12.4. The average molecular weight is 549 g/mol. The van der Waals surface area contributed by atoms with E-state index in [0.717, 1.165) is 38.5 Å². The summed E-state index contributed by atoms with van der Waals surface area (Å²) in [5.74, 6) is -0.282. The van der Waals surface area contributed by atoms with Gasteiger partial charge in [0, 0.05) is 12.5 Å². The molecule has 1 saturated carbocycles. The van der Waals surface area contributed by atoms with Crippen LogP contribution in [0.25, 0.3) is 0 Å². The number of hydrogen-bond donors (Lipinski definition) is 0. The maximum Gasteiger partial charge on any atom is 0.398 e. The van der Waals surface area contributed by atoms with Crippen LogP contribution in [0.1, 0.15) is 100 Å². The molecular weight excluding hydrogens is 505 g/mol. The predicted octanol–water partition coefficient (Wildman–Crippen LogP) is 9.06. The van der Waals surface area contributed by atoms with Crippen molar-refractivity contribution in [3.63, 3.8) is 0 Å². The van der Waals surface area contributed by atoms with Crippen molar-refractivity contribution < 1.29 is 32.2 Å². The van der Waals surface area contributed by atoms with Crippen LogP contribution in [0, 0.1) is 5.92 Å². The van der Waals surface area contributed by atoms with E-state index in [1.165, 1.54) is 49.9 Å². The Morgan fingerprint density at radius 1 is 0.795 bits per heavy atom. The molecule has 1 fully saturated rings. The summed E-state index contributed by atoms with van der Waals surface area (Å²) >= 11 is 0. The maximum absolute atomic E-state index is 14.1. The lowest BCUT2D eigenvalue weighted by molar-refractivity contribution is -0.166. The smallest absolute Gasteiger partial charge is 0.398 e. The molecule has 2 aromatic carbocycles. The summed E-state index contributed by atoms with van der Waals surface area (Å²) in [6.45, 7) is 5.53. The third-order valence-corrected chi connectivity index (χ3v) is 7.51. The van der Waals surface area contributed by atoms with Gasteiger partial charge in [0.05, 0.1) is 24.2 Å². The molecule has 0 bridgehead atoms. The largest absolute Gasteiger partial charge is 0.494 e. The van der Waals surface area contributed by atoms with E-state index < -0.39 is 23.5 Å². The Balaban J connectivity index is 1.48. The van der Waals surface area contributed by atoms with E-state index in [2.05, 4.69) is 13.8 Å². The molecule has 0 amide bonds. The van der Waals surface area contributed by atoms with E-state index in [9.17, 15) is 18.0 Å². The summed E-state index contributed by atoms with van der Waals surface area (Å²) in [5.41, 5.74) is -1.37. The molecule has 0 heterocycles. The van der Waals surface area contributed by atoms with Crippen molar-refractivity contribution in [2.75, 3.05) is 19.8 Å². The number of esters is 1. The van der Waals surface area contributed by atoms with Crippen molar-refractivity contribution in [3.8, 4) is 11.5 Å². The number of halogens is 3. The molecule has 0 aromatic heterocycles. The lowest BCUT2D eigenvalue weighted by Gasteiger charge is -2.22. The first-order valence-corrected chi connectivity index (χ1v) is 14.5. The molecule has 1 aliphatic carbocycles. The van der Waals surface area contributed by atoms with Crippen LogP contribution >= 0.6 is 0 Å². The quantitative estimate of drug-likeness (QED) is 0.106. The molecule has 7 heteroatoms. The Morgan fingerprint density at radius 2 is 1.36 bits per heavy atom. The number of alkyl halides is 3. The molecule has 0 spiro atoms. The number of benzene rings is 2. The highest BCUT2D eigenvalue weighted by atomic mass is 19.4. The Labute approximate surface area is 231 Å². The average Bonchev–Trinajstić information content (AvgIpc) is 3.67. The Kier molecular flexibility index (Phi) is 12.2. The van der Waals surface area contributed by atoms with Crippen molar-refractivity contribution in [1.29, 1.82) is 0 Å². The van der Waals surface area contributed by atoms with E-state index in [1.54, 1.807) is 24.3 Å². The summed E-state index contributed by atoms with van der Waals surface area (Å²) in [6.07, 6.45) is 6.85. The van der Waals surface area contributed by atoms with Gasteiger partial charge in [0.2, 0.25) is 0 Å². The summed E-state index contributed by atoms with van der Waals surface area (Å²) in [4.78, 5) is 12.6. The Hall–Kier alpha value is -2.54. The van der Waals surface area contributed by atoms with E-state index in [-0.39, 0.29) is 24.3 Å². The summed E-state index contributed by atoms with van der Waals surface area (Å²) in [5, 5.41) is 0.